The number of esters is 1. The minimum Gasteiger partial charge on any atom is -0.466 e. The van der Waals surface area contributed by atoms with Crippen LogP contribution in [-0.4, -0.2) is 100 Å². The average Bonchev–Trinajstić information content (AvgIpc) is 0.901. The molecule has 7 atom stereocenters. The van der Waals surface area contributed by atoms with Gasteiger partial charge in [0.05, 0.1) is 32.0 Å². The van der Waals surface area contributed by atoms with Crippen LogP contribution in [0.4, 0.5) is 0 Å². The number of amides is 1. The zero-order valence-electron chi connectivity index (χ0n) is 61.2. The number of nitrogens with one attached hydrogen (secondary N) is 1. The van der Waals surface area contributed by atoms with Crippen LogP contribution in [0.25, 0.3) is 0 Å². The van der Waals surface area contributed by atoms with Crippen LogP contribution in [0.2, 0.25) is 0 Å². The van der Waals surface area contributed by atoms with E-state index in [1.165, 1.54) is 283 Å². The number of carbonyl (C=O) groups is 2. The molecule has 11 heteroatoms. The fraction of sp³-hybridized carbons (Fsp3) is 0.831. The summed E-state index contributed by atoms with van der Waals surface area (Å²) in [6, 6.07) is -0.826. The molecule has 0 spiro atoms. The summed E-state index contributed by atoms with van der Waals surface area (Å²) >= 11 is 0. The van der Waals surface area contributed by atoms with Crippen LogP contribution < -0.4 is 5.32 Å². The Morgan fingerprint density at radius 3 is 1.15 bits per heavy atom. The van der Waals surface area contributed by atoms with Crippen molar-refractivity contribution in [3.05, 3.63) is 72.9 Å². The van der Waals surface area contributed by atoms with Crippen molar-refractivity contribution in [1.29, 1.82) is 0 Å². The smallest absolute Gasteiger partial charge is 0.305 e. The van der Waals surface area contributed by atoms with Gasteiger partial charge in [-0.3, -0.25) is 9.59 Å². The Morgan fingerprint density at radius 1 is 0.394 bits per heavy atom. The van der Waals surface area contributed by atoms with Gasteiger partial charge in [-0.15, -0.1) is 0 Å². The molecule has 6 N–H and O–H groups in total. The first-order valence-electron chi connectivity index (χ1n) is 40.2. The molecule has 1 rings (SSSR count). The normalized spacial score (nSPS) is 17.8. The molecule has 1 saturated heterocycles. The van der Waals surface area contributed by atoms with Gasteiger partial charge >= 0.3 is 5.97 Å². The Hall–Kier alpha value is -2.90. The lowest BCUT2D eigenvalue weighted by atomic mass is 9.99. The molecule has 0 aromatic heterocycles. The molecular formula is C83H151NO10. The Labute approximate surface area is 579 Å². The van der Waals surface area contributed by atoms with Crippen molar-refractivity contribution in [1.82, 2.24) is 5.32 Å². The Morgan fingerprint density at radius 2 is 0.734 bits per heavy atom. The van der Waals surface area contributed by atoms with E-state index in [0.29, 0.717) is 19.4 Å². The van der Waals surface area contributed by atoms with E-state index in [1.54, 1.807) is 6.08 Å². The van der Waals surface area contributed by atoms with Crippen molar-refractivity contribution in [2.24, 2.45) is 0 Å². The van der Waals surface area contributed by atoms with E-state index in [9.17, 15) is 35.1 Å². The van der Waals surface area contributed by atoms with E-state index >= 15 is 0 Å². The lowest BCUT2D eigenvalue weighted by Crippen LogP contribution is -2.60. The monoisotopic (exact) mass is 1320 g/mol. The summed E-state index contributed by atoms with van der Waals surface area (Å²) in [5.41, 5.74) is 0. The third kappa shape index (κ3) is 59.2. The molecule has 7 unspecified atom stereocenters. The Kier molecular flexibility index (Phi) is 67.7. The zero-order valence-corrected chi connectivity index (χ0v) is 61.2. The highest BCUT2D eigenvalue weighted by molar-refractivity contribution is 5.76. The molecule has 1 aliphatic rings. The maximum absolute atomic E-state index is 13.1. The number of hydrogen-bond donors (Lipinski definition) is 6. The number of aliphatic hydroxyl groups excluding tert-OH is 5. The number of carbonyl (C=O) groups excluding carboxylic acids is 2. The van der Waals surface area contributed by atoms with Crippen LogP contribution in [0.1, 0.15) is 380 Å². The summed E-state index contributed by atoms with van der Waals surface area (Å²) < 4.78 is 16.7. The van der Waals surface area contributed by atoms with Crippen LogP contribution in [-0.2, 0) is 23.8 Å². The molecular weight excluding hydrogens is 1170 g/mol. The molecule has 1 heterocycles. The summed E-state index contributed by atoms with van der Waals surface area (Å²) in [6.45, 7) is 4.31. The molecule has 0 bridgehead atoms. The van der Waals surface area contributed by atoms with Crippen LogP contribution in [0.15, 0.2) is 72.9 Å². The first kappa shape index (κ1) is 89.1. The van der Waals surface area contributed by atoms with Crippen LogP contribution in [0.3, 0.4) is 0 Å². The Bertz CT molecular complexity index is 1790. The van der Waals surface area contributed by atoms with Gasteiger partial charge in [0.15, 0.2) is 6.29 Å². The first-order chi connectivity index (χ1) is 46.2. The van der Waals surface area contributed by atoms with E-state index in [0.717, 1.165) is 70.6 Å². The SMILES string of the molecule is CCCC/C=C\C/C=C\CCCCCCCC(=O)OCCCCCCCCCCCCCCCCC/C=C\C/C=C\CCCCCCCCCCCCCCCCCCCC(=O)NC(COC1OC(CO)C(O)C(O)C1O)C(O)/C=C/CC/C=C/CCCCCCCCC. The van der Waals surface area contributed by atoms with Gasteiger partial charge in [-0.2, -0.15) is 0 Å². The second-order valence-corrected chi connectivity index (χ2v) is 27.7. The molecule has 0 saturated carbocycles. The highest BCUT2D eigenvalue weighted by Crippen LogP contribution is 2.24. The van der Waals surface area contributed by atoms with E-state index in [-0.39, 0.29) is 18.5 Å². The number of hydrogen-bond acceptors (Lipinski definition) is 10. The standard InChI is InChI=1S/C83H151NO10/c1-3-5-7-9-11-13-15-17-47-51-55-59-63-67-71-79(88)92-72-68-64-60-56-52-48-44-42-40-38-36-34-32-30-28-26-24-22-20-18-19-21-23-25-27-29-31-33-35-37-39-41-43-46-50-54-58-62-66-70-78(87)84-75(74-93-83-82(91)81(90)80(89)77(73-85)94-83)76(86)69-65-61-57-53-49-45-16-14-12-10-8-6-4-2/h9,11,15,17-19,22,24,49,53,65,69,75-77,80-83,85-86,89-91H,3-8,10,12-14,16,20-21,23,25-48,50-52,54-64,66-68,70-74H2,1-2H3,(H,84,87)/b11-9-,17-15-,19-18-,24-22-,53-49+,69-65+. The fourth-order valence-electron chi connectivity index (χ4n) is 12.4. The number of unbranched alkanes of at least 4 members (excludes halogenated alkanes) is 47. The quantitative estimate of drug-likeness (QED) is 0.0195. The highest BCUT2D eigenvalue weighted by Gasteiger charge is 2.44. The third-order valence-corrected chi connectivity index (χ3v) is 18.8. The van der Waals surface area contributed by atoms with Crippen molar-refractivity contribution in [3.8, 4) is 0 Å². The van der Waals surface area contributed by atoms with Gasteiger partial charge in [0, 0.05) is 12.8 Å². The van der Waals surface area contributed by atoms with Crippen molar-refractivity contribution < 1.29 is 49.3 Å². The minimum absolute atomic E-state index is 0.000360. The van der Waals surface area contributed by atoms with Gasteiger partial charge in [-0.25, -0.2) is 0 Å². The van der Waals surface area contributed by atoms with Crippen LogP contribution in [0, 0.1) is 0 Å². The molecule has 0 aromatic rings. The summed E-state index contributed by atoms with van der Waals surface area (Å²) in [5, 5.41) is 54.5. The maximum Gasteiger partial charge on any atom is 0.305 e. The largest absolute Gasteiger partial charge is 0.466 e. The van der Waals surface area contributed by atoms with Gasteiger partial charge in [0.1, 0.15) is 24.4 Å². The number of rotatable bonds is 71. The molecule has 548 valence electrons. The van der Waals surface area contributed by atoms with Gasteiger partial charge in [0.2, 0.25) is 5.91 Å². The second kappa shape index (κ2) is 71.4. The van der Waals surface area contributed by atoms with Crippen LogP contribution in [0.5, 0.6) is 0 Å². The van der Waals surface area contributed by atoms with E-state index < -0.39 is 49.5 Å². The summed E-state index contributed by atoms with van der Waals surface area (Å²) in [7, 11) is 0. The molecule has 0 radical (unpaired) electrons. The van der Waals surface area contributed by atoms with E-state index in [4.69, 9.17) is 14.2 Å². The molecule has 94 heavy (non-hydrogen) atoms. The van der Waals surface area contributed by atoms with Crippen molar-refractivity contribution >= 4 is 11.9 Å². The van der Waals surface area contributed by atoms with E-state index in [1.807, 2.05) is 6.08 Å². The van der Waals surface area contributed by atoms with Gasteiger partial charge < -0.3 is 45.1 Å². The summed E-state index contributed by atoms with van der Waals surface area (Å²) in [6.07, 6.45) is 87.9. The maximum atomic E-state index is 13.1. The fourth-order valence-corrected chi connectivity index (χ4v) is 12.4. The molecule has 0 aliphatic carbocycles. The summed E-state index contributed by atoms with van der Waals surface area (Å²) in [4.78, 5) is 25.2. The lowest BCUT2D eigenvalue weighted by molar-refractivity contribution is -0.302. The number of allylic oxidation sites excluding steroid dienone is 11. The third-order valence-electron chi connectivity index (χ3n) is 18.8. The molecule has 1 amide bonds. The molecule has 1 fully saturated rings. The minimum atomic E-state index is -1.58. The Balaban J connectivity index is 1.91. The number of aliphatic hydroxyl groups is 5. The topological polar surface area (TPSA) is 175 Å². The van der Waals surface area contributed by atoms with E-state index in [2.05, 4.69) is 79.9 Å². The average molecular weight is 1320 g/mol. The van der Waals surface area contributed by atoms with Crippen LogP contribution >= 0.6 is 0 Å². The van der Waals surface area contributed by atoms with Crippen molar-refractivity contribution in [2.45, 2.75) is 423 Å². The number of ether oxygens (including phenoxy) is 3. The molecule has 0 aromatic carbocycles. The highest BCUT2D eigenvalue weighted by atomic mass is 16.7. The van der Waals surface area contributed by atoms with Gasteiger partial charge in [0.25, 0.3) is 0 Å². The van der Waals surface area contributed by atoms with Crippen molar-refractivity contribution in [2.75, 3.05) is 19.8 Å². The molecule has 11 nitrogen and oxygen atoms in total. The second-order valence-electron chi connectivity index (χ2n) is 27.7. The lowest BCUT2D eigenvalue weighted by Gasteiger charge is -2.40. The predicted octanol–water partition coefficient (Wildman–Crippen LogP) is 21.8. The van der Waals surface area contributed by atoms with Gasteiger partial charge in [-0.1, -0.05) is 337 Å². The van der Waals surface area contributed by atoms with Gasteiger partial charge in [-0.05, 0) is 103 Å². The summed E-state index contributed by atoms with van der Waals surface area (Å²) in [5.74, 6) is -0.188. The first-order valence-corrected chi connectivity index (χ1v) is 40.2. The molecule has 1 aliphatic heterocycles. The zero-order chi connectivity index (χ0) is 67.9. The predicted molar refractivity (Wildman–Crippen MR) is 398 cm³/mol. The van der Waals surface area contributed by atoms with Crippen molar-refractivity contribution in [3.63, 3.8) is 0 Å².